The van der Waals surface area contributed by atoms with Gasteiger partial charge >= 0.3 is 0 Å². The summed E-state index contributed by atoms with van der Waals surface area (Å²) in [5.74, 6) is 0.946. The standard InChI is InChI=1S/C18H27NO2/c1-16(2)7-9-18(20,10-8-16)17(12-19)11-14-5-3-4-6-15(14)21-13-17/h3-6,20H,7-13,19H2,1-2H3. The van der Waals surface area contributed by atoms with E-state index in [1.54, 1.807) is 0 Å². The van der Waals surface area contributed by atoms with E-state index < -0.39 is 5.60 Å². The van der Waals surface area contributed by atoms with Crippen molar-refractivity contribution in [1.82, 2.24) is 0 Å². The van der Waals surface area contributed by atoms with Crippen molar-refractivity contribution in [3.8, 4) is 5.75 Å². The molecule has 0 spiro atoms. The molecule has 116 valence electrons. The lowest BCUT2D eigenvalue weighted by Gasteiger charge is -2.53. The van der Waals surface area contributed by atoms with Crippen molar-refractivity contribution < 1.29 is 9.84 Å². The van der Waals surface area contributed by atoms with Crippen molar-refractivity contribution in [2.24, 2.45) is 16.6 Å². The lowest BCUT2D eigenvalue weighted by Crippen LogP contribution is -2.60. The molecule has 1 aromatic rings. The van der Waals surface area contributed by atoms with Crippen LogP contribution >= 0.6 is 0 Å². The third kappa shape index (κ3) is 2.47. The molecule has 1 unspecified atom stereocenters. The fourth-order valence-corrected chi connectivity index (χ4v) is 3.91. The summed E-state index contributed by atoms with van der Waals surface area (Å²) in [6.07, 6.45) is 4.56. The van der Waals surface area contributed by atoms with Crippen molar-refractivity contribution in [3.05, 3.63) is 29.8 Å². The summed E-state index contributed by atoms with van der Waals surface area (Å²) in [6, 6.07) is 8.12. The average Bonchev–Trinajstić information content (AvgIpc) is 2.50. The van der Waals surface area contributed by atoms with Gasteiger partial charge in [-0.05, 0) is 49.1 Å². The molecule has 1 saturated carbocycles. The largest absolute Gasteiger partial charge is 0.493 e. The number of benzene rings is 1. The molecule has 21 heavy (non-hydrogen) atoms. The Labute approximate surface area is 127 Å². The van der Waals surface area contributed by atoms with Gasteiger partial charge < -0.3 is 15.6 Å². The zero-order valence-corrected chi connectivity index (χ0v) is 13.2. The minimum absolute atomic E-state index is 0.329. The Morgan fingerprint density at radius 1 is 1.14 bits per heavy atom. The summed E-state index contributed by atoms with van der Waals surface area (Å²) in [4.78, 5) is 0. The van der Waals surface area contributed by atoms with E-state index in [1.165, 1.54) is 5.56 Å². The molecule has 1 fully saturated rings. The number of ether oxygens (including phenoxy) is 1. The molecule has 1 heterocycles. The summed E-state index contributed by atoms with van der Waals surface area (Å²) < 4.78 is 5.96. The van der Waals surface area contributed by atoms with Gasteiger partial charge in [-0.1, -0.05) is 32.0 Å². The Kier molecular flexibility index (Phi) is 3.53. The highest BCUT2D eigenvalue weighted by molar-refractivity contribution is 5.37. The van der Waals surface area contributed by atoms with E-state index in [2.05, 4.69) is 19.9 Å². The van der Waals surface area contributed by atoms with Crippen LogP contribution in [0.4, 0.5) is 0 Å². The summed E-state index contributed by atoms with van der Waals surface area (Å²) in [7, 11) is 0. The Balaban J connectivity index is 1.88. The van der Waals surface area contributed by atoms with Crippen molar-refractivity contribution >= 4 is 0 Å². The van der Waals surface area contributed by atoms with Crippen LogP contribution in [-0.2, 0) is 6.42 Å². The van der Waals surface area contributed by atoms with Crippen LogP contribution in [0.5, 0.6) is 5.75 Å². The first-order valence-corrected chi connectivity index (χ1v) is 8.03. The second-order valence-corrected chi connectivity index (χ2v) is 7.75. The van der Waals surface area contributed by atoms with Crippen LogP contribution in [0.2, 0.25) is 0 Å². The SMILES string of the molecule is CC1(C)CCC(O)(C2(CN)COc3ccccc3C2)CC1. The van der Waals surface area contributed by atoms with E-state index in [-0.39, 0.29) is 5.41 Å². The van der Waals surface area contributed by atoms with Gasteiger partial charge in [0.05, 0.1) is 12.2 Å². The predicted molar refractivity (Wildman–Crippen MR) is 84.3 cm³/mol. The van der Waals surface area contributed by atoms with E-state index in [0.29, 0.717) is 18.6 Å². The monoisotopic (exact) mass is 289 g/mol. The predicted octanol–water partition coefficient (Wildman–Crippen LogP) is 2.90. The molecule has 2 aliphatic rings. The topological polar surface area (TPSA) is 55.5 Å². The van der Waals surface area contributed by atoms with Gasteiger partial charge in [0.2, 0.25) is 0 Å². The zero-order valence-electron chi connectivity index (χ0n) is 13.2. The van der Waals surface area contributed by atoms with Crippen molar-refractivity contribution in [2.75, 3.05) is 13.2 Å². The molecule has 3 nitrogen and oxygen atoms in total. The van der Waals surface area contributed by atoms with Crippen LogP contribution in [0.1, 0.15) is 45.1 Å². The maximum Gasteiger partial charge on any atom is 0.122 e. The second-order valence-electron chi connectivity index (χ2n) is 7.75. The highest BCUT2D eigenvalue weighted by Gasteiger charge is 2.53. The van der Waals surface area contributed by atoms with Gasteiger partial charge in [0.15, 0.2) is 0 Å². The average molecular weight is 289 g/mol. The third-order valence-electron chi connectivity index (χ3n) is 5.81. The van der Waals surface area contributed by atoms with Crippen molar-refractivity contribution in [2.45, 2.75) is 51.6 Å². The van der Waals surface area contributed by atoms with Gasteiger partial charge in [0, 0.05) is 12.0 Å². The normalized spacial score (nSPS) is 30.3. The summed E-state index contributed by atoms with van der Waals surface area (Å²) in [5.41, 5.74) is 6.59. The van der Waals surface area contributed by atoms with E-state index >= 15 is 0 Å². The summed E-state index contributed by atoms with van der Waals surface area (Å²) >= 11 is 0. The lowest BCUT2D eigenvalue weighted by molar-refractivity contribution is -0.141. The smallest absolute Gasteiger partial charge is 0.122 e. The molecule has 1 aromatic carbocycles. The minimum Gasteiger partial charge on any atom is -0.493 e. The van der Waals surface area contributed by atoms with Crippen LogP contribution in [0.3, 0.4) is 0 Å². The Morgan fingerprint density at radius 2 is 1.81 bits per heavy atom. The van der Waals surface area contributed by atoms with Gasteiger partial charge in [-0.15, -0.1) is 0 Å². The second kappa shape index (κ2) is 4.99. The molecule has 0 bridgehead atoms. The fraction of sp³-hybridized carbons (Fsp3) is 0.667. The molecule has 3 rings (SSSR count). The minimum atomic E-state index is -0.704. The van der Waals surface area contributed by atoms with E-state index in [4.69, 9.17) is 10.5 Å². The third-order valence-corrected chi connectivity index (χ3v) is 5.81. The zero-order chi connectivity index (χ0) is 15.1. The number of aliphatic hydroxyl groups is 1. The van der Waals surface area contributed by atoms with Gasteiger partial charge in [-0.2, -0.15) is 0 Å². The summed E-state index contributed by atoms with van der Waals surface area (Å²) in [5, 5.41) is 11.3. The van der Waals surface area contributed by atoms with Gasteiger partial charge in [0.25, 0.3) is 0 Å². The van der Waals surface area contributed by atoms with Crippen LogP contribution < -0.4 is 10.5 Å². The number of nitrogens with two attached hydrogens (primary N) is 1. The van der Waals surface area contributed by atoms with E-state index in [0.717, 1.165) is 37.9 Å². The molecule has 0 aromatic heterocycles. The van der Waals surface area contributed by atoms with Gasteiger partial charge in [-0.25, -0.2) is 0 Å². The van der Waals surface area contributed by atoms with E-state index in [9.17, 15) is 5.11 Å². The number of hydrogen-bond donors (Lipinski definition) is 2. The molecule has 3 heteroatoms. The molecule has 1 aliphatic heterocycles. The maximum atomic E-state index is 11.3. The molecule has 3 N–H and O–H groups in total. The lowest BCUT2D eigenvalue weighted by atomic mass is 9.58. The number of para-hydroxylation sites is 1. The van der Waals surface area contributed by atoms with Crippen LogP contribution in [0.15, 0.2) is 24.3 Å². The number of rotatable bonds is 2. The number of hydrogen-bond acceptors (Lipinski definition) is 3. The van der Waals surface area contributed by atoms with Crippen LogP contribution in [-0.4, -0.2) is 23.9 Å². The number of fused-ring (bicyclic) bond motifs is 1. The Hall–Kier alpha value is -1.06. The first kappa shape index (κ1) is 14.9. The highest BCUT2D eigenvalue weighted by atomic mass is 16.5. The van der Waals surface area contributed by atoms with Crippen molar-refractivity contribution in [3.63, 3.8) is 0 Å². The van der Waals surface area contributed by atoms with Crippen molar-refractivity contribution in [1.29, 1.82) is 0 Å². The molecular formula is C18H27NO2. The summed E-state index contributed by atoms with van der Waals surface area (Å²) in [6.45, 7) is 5.57. The Morgan fingerprint density at radius 3 is 2.48 bits per heavy atom. The van der Waals surface area contributed by atoms with Gasteiger partial charge in [0.1, 0.15) is 5.75 Å². The fourth-order valence-electron chi connectivity index (χ4n) is 3.91. The molecular weight excluding hydrogens is 262 g/mol. The molecule has 1 aliphatic carbocycles. The molecule has 0 amide bonds. The van der Waals surface area contributed by atoms with Crippen LogP contribution in [0.25, 0.3) is 0 Å². The molecule has 1 atom stereocenters. The Bertz CT molecular complexity index is 516. The highest BCUT2D eigenvalue weighted by Crippen LogP contribution is 2.51. The van der Waals surface area contributed by atoms with Gasteiger partial charge in [-0.3, -0.25) is 0 Å². The molecule has 0 saturated heterocycles. The molecule has 0 radical (unpaired) electrons. The maximum absolute atomic E-state index is 11.3. The first-order valence-electron chi connectivity index (χ1n) is 8.03. The van der Waals surface area contributed by atoms with E-state index in [1.807, 2.05) is 18.2 Å². The van der Waals surface area contributed by atoms with Crippen LogP contribution in [0, 0.1) is 10.8 Å². The first-order chi connectivity index (χ1) is 9.90. The quantitative estimate of drug-likeness (QED) is 0.880.